The van der Waals surface area contributed by atoms with E-state index in [1.807, 2.05) is 42.5 Å². The molecule has 1 aromatic heterocycles. The van der Waals surface area contributed by atoms with Crippen LogP contribution in [0, 0.1) is 0 Å². The number of fused-ring (bicyclic) bond motifs is 1. The zero-order valence-electron chi connectivity index (χ0n) is 12.9. The van der Waals surface area contributed by atoms with E-state index in [2.05, 4.69) is 34.2 Å². The summed E-state index contributed by atoms with van der Waals surface area (Å²) in [5, 5.41) is 5.17. The first kappa shape index (κ1) is 16.3. The fourth-order valence-electron chi connectivity index (χ4n) is 2.59. The van der Waals surface area contributed by atoms with Gasteiger partial charge in [-0.05, 0) is 18.6 Å². The molecule has 2 aromatic carbocycles. The first-order chi connectivity index (χ1) is 11.2. The predicted octanol–water partition coefficient (Wildman–Crippen LogP) is 6.53. The SMILES string of the molecule is CCCCNc1nc2ccccc2c(Cl)c1-c1ccccc1Br. The van der Waals surface area contributed by atoms with Gasteiger partial charge in [0, 0.05) is 27.5 Å². The molecule has 0 fully saturated rings. The van der Waals surface area contributed by atoms with E-state index in [-0.39, 0.29) is 0 Å². The summed E-state index contributed by atoms with van der Waals surface area (Å²) < 4.78 is 1.01. The number of hydrogen-bond donors (Lipinski definition) is 1. The second-order valence-electron chi connectivity index (χ2n) is 5.43. The Bertz CT molecular complexity index is 833. The van der Waals surface area contributed by atoms with E-state index in [9.17, 15) is 0 Å². The van der Waals surface area contributed by atoms with Crippen molar-refractivity contribution < 1.29 is 0 Å². The molecule has 0 spiro atoms. The van der Waals surface area contributed by atoms with Crippen molar-refractivity contribution in [3.05, 3.63) is 58.0 Å². The number of pyridine rings is 1. The van der Waals surface area contributed by atoms with E-state index < -0.39 is 0 Å². The van der Waals surface area contributed by atoms with Crippen LogP contribution in [0.1, 0.15) is 19.8 Å². The largest absolute Gasteiger partial charge is 0.369 e. The summed E-state index contributed by atoms with van der Waals surface area (Å²) in [7, 11) is 0. The molecule has 0 atom stereocenters. The number of rotatable bonds is 5. The molecule has 23 heavy (non-hydrogen) atoms. The highest BCUT2D eigenvalue weighted by Gasteiger charge is 2.17. The van der Waals surface area contributed by atoms with Crippen LogP contribution in [-0.4, -0.2) is 11.5 Å². The highest BCUT2D eigenvalue weighted by atomic mass is 79.9. The van der Waals surface area contributed by atoms with Gasteiger partial charge in [-0.3, -0.25) is 0 Å². The van der Waals surface area contributed by atoms with Crippen LogP contribution in [0.15, 0.2) is 53.0 Å². The summed E-state index contributed by atoms with van der Waals surface area (Å²) in [6.45, 7) is 3.06. The molecule has 2 nitrogen and oxygen atoms in total. The van der Waals surface area contributed by atoms with Crippen molar-refractivity contribution >= 4 is 44.3 Å². The number of benzene rings is 2. The second-order valence-corrected chi connectivity index (χ2v) is 6.66. The van der Waals surface area contributed by atoms with E-state index in [1.165, 1.54) is 0 Å². The van der Waals surface area contributed by atoms with Crippen molar-refractivity contribution in [3.63, 3.8) is 0 Å². The molecule has 0 radical (unpaired) electrons. The Balaban J connectivity index is 2.22. The summed E-state index contributed by atoms with van der Waals surface area (Å²) in [4.78, 5) is 4.81. The van der Waals surface area contributed by atoms with Crippen LogP contribution in [0.5, 0.6) is 0 Å². The Kier molecular flexibility index (Phi) is 5.19. The van der Waals surface area contributed by atoms with E-state index >= 15 is 0 Å². The van der Waals surface area contributed by atoms with Crippen LogP contribution in [0.3, 0.4) is 0 Å². The molecule has 0 saturated heterocycles. The molecule has 0 bridgehead atoms. The molecule has 0 amide bonds. The number of halogens is 2. The summed E-state index contributed by atoms with van der Waals surface area (Å²) in [5.41, 5.74) is 2.91. The third kappa shape index (κ3) is 3.36. The molecule has 118 valence electrons. The number of unbranched alkanes of at least 4 members (excludes halogenated alkanes) is 1. The van der Waals surface area contributed by atoms with Gasteiger partial charge in [0.05, 0.1) is 10.5 Å². The lowest BCUT2D eigenvalue weighted by Gasteiger charge is -2.16. The van der Waals surface area contributed by atoms with Gasteiger partial charge in [-0.25, -0.2) is 4.98 Å². The van der Waals surface area contributed by atoms with E-state index in [4.69, 9.17) is 16.6 Å². The van der Waals surface area contributed by atoms with Gasteiger partial charge in [0.1, 0.15) is 5.82 Å². The minimum atomic E-state index is 0.737. The van der Waals surface area contributed by atoms with E-state index in [0.29, 0.717) is 0 Å². The summed E-state index contributed by atoms with van der Waals surface area (Å²) in [5.74, 6) is 0.842. The molecule has 3 rings (SSSR count). The van der Waals surface area contributed by atoms with Crippen LogP contribution in [0.4, 0.5) is 5.82 Å². The maximum absolute atomic E-state index is 6.77. The molecule has 1 N–H and O–H groups in total. The molecule has 0 aliphatic rings. The number of hydrogen-bond acceptors (Lipinski definition) is 2. The first-order valence-electron chi connectivity index (χ1n) is 7.79. The van der Waals surface area contributed by atoms with Gasteiger partial charge in [0.15, 0.2) is 0 Å². The first-order valence-corrected chi connectivity index (χ1v) is 8.96. The lowest BCUT2D eigenvalue weighted by Crippen LogP contribution is -2.05. The van der Waals surface area contributed by atoms with E-state index in [1.54, 1.807) is 0 Å². The zero-order chi connectivity index (χ0) is 16.2. The van der Waals surface area contributed by atoms with Crippen molar-refractivity contribution in [1.82, 2.24) is 4.98 Å². The quantitative estimate of drug-likeness (QED) is 0.502. The zero-order valence-corrected chi connectivity index (χ0v) is 15.3. The average molecular weight is 390 g/mol. The predicted molar refractivity (Wildman–Crippen MR) is 103 cm³/mol. The lowest BCUT2D eigenvalue weighted by molar-refractivity contribution is 0.832. The van der Waals surface area contributed by atoms with Crippen LogP contribution in [0.25, 0.3) is 22.0 Å². The Morgan fingerprint density at radius 1 is 1.09 bits per heavy atom. The van der Waals surface area contributed by atoms with Gasteiger partial charge in [0.25, 0.3) is 0 Å². The highest BCUT2D eigenvalue weighted by Crippen LogP contribution is 2.41. The standard InChI is InChI=1S/C19H18BrClN2/c1-2-3-12-22-19-17(13-8-4-6-10-15(13)20)18(21)14-9-5-7-11-16(14)23-19/h4-11H,2-3,12H2,1H3,(H,22,23). The topological polar surface area (TPSA) is 24.9 Å². The Morgan fingerprint density at radius 3 is 2.61 bits per heavy atom. The van der Waals surface area contributed by atoms with Gasteiger partial charge < -0.3 is 5.32 Å². The maximum Gasteiger partial charge on any atom is 0.136 e. The summed E-state index contributed by atoms with van der Waals surface area (Å²) >= 11 is 10.4. The molecular weight excluding hydrogens is 372 g/mol. The minimum absolute atomic E-state index is 0.737. The molecule has 0 unspecified atom stereocenters. The number of anilines is 1. The lowest BCUT2D eigenvalue weighted by atomic mass is 10.0. The molecule has 0 aliphatic carbocycles. The molecule has 0 saturated carbocycles. The molecule has 4 heteroatoms. The summed E-state index contributed by atoms with van der Waals surface area (Å²) in [6, 6.07) is 16.1. The normalized spacial score (nSPS) is 10.9. The monoisotopic (exact) mass is 388 g/mol. The Morgan fingerprint density at radius 2 is 1.83 bits per heavy atom. The van der Waals surface area contributed by atoms with Crippen molar-refractivity contribution in [3.8, 4) is 11.1 Å². The Hall–Kier alpha value is -1.58. The third-order valence-corrected chi connectivity index (χ3v) is 4.88. The third-order valence-electron chi connectivity index (χ3n) is 3.80. The Labute approximate surface area is 150 Å². The number of aromatic nitrogens is 1. The smallest absolute Gasteiger partial charge is 0.136 e. The second kappa shape index (κ2) is 7.33. The van der Waals surface area contributed by atoms with Crippen molar-refractivity contribution in [1.29, 1.82) is 0 Å². The molecule has 1 heterocycles. The highest BCUT2D eigenvalue weighted by molar-refractivity contribution is 9.10. The number of nitrogens with one attached hydrogen (secondary N) is 1. The molecule has 3 aromatic rings. The van der Waals surface area contributed by atoms with Gasteiger partial charge in [-0.1, -0.05) is 77.3 Å². The van der Waals surface area contributed by atoms with E-state index in [0.717, 1.165) is 56.7 Å². The summed E-state index contributed by atoms with van der Waals surface area (Å²) in [6.07, 6.45) is 2.24. The van der Waals surface area contributed by atoms with Gasteiger partial charge in [-0.2, -0.15) is 0 Å². The number of para-hydroxylation sites is 1. The van der Waals surface area contributed by atoms with Gasteiger partial charge >= 0.3 is 0 Å². The van der Waals surface area contributed by atoms with Crippen LogP contribution in [-0.2, 0) is 0 Å². The molecule has 0 aliphatic heterocycles. The maximum atomic E-state index is 6.77. The minimum Gasteiger partial charge on any atom is -0.369 e. The van der Waals surface area contributed by atoms with Crippen molar-refractivity contribution in [2.45, 2.75) is 19.8 Å². The van der Waals surface area contributed by atoms with Gasteiger partial charge in [0.2, 0.25) is 0 Å². The van der Waals surface area contributed by atoms with Crippen LogP contribution >= 0.6 is 27.5 Å². The van der Waals surface area contributed by atoms with Crippen molar-refractivity contribution in [2.24, 2.45) is 0 Å². The van der Waals surface area contributed by atoms with Crippen LogP contribution in [0.2, 0.25) is 5.02 Å². The number of nitrogens with zero attached hydrogens (tertiary/aromatic N) is 1. The average Bonchev–Trinajstić information content (AvgIpc) is 2.57. The molecular formula is C19H18BrClN2. The van der Waals surface area contributed by atoms with Crippen molar-refractivity contribution in [2.75, 3.05) is 11.9 Å². The fraction of sp³-hybridized carbons (Fsp3) is 0.211. The van der Waals surface area contributed by atoms with Crippen LogP contribution < -0.4 is 5.32 Å². The van der Waals surface area contributed by atoms with Gasteiger partial charge in [-0.15, -0.1) is 0 Å². The fourth-order valence-corrected chi connectivity index (χ4v) is 3.43.